The molecule has 1 amide bonds. The summed E-state index contributed by atoms with van der Waals surface area (Å²) in [5.74, 6) is 0.150. The maximum atomic E-state index is 13.2. The average Bonchev–Trinajstić information content (AvgIpc) is 3.13. The van der Waals surface area contributed by atoms with Crippen molar-refractivity contribution in [3.05, 3.63) is 105 Å². The van der Waals surface area contributed by atoms with E-state index in [1.54, 1.807) is 36.4 Å². The van der Waals surface area contributed by atoms with Gasteiger partial charge in [-0.3, -0.25) is 14.7 Å². The summed E-state index contributed by atoms with van der Waals surface area (Å²) in [5, 5.41) is 6.44. The number of halogens is 1. The van der Waals surface area contributed by atoms with E-state index < -0.39 is 5.82 Å². The van der Waals surface area contributed by atoms with E-state index in [4.69, 9.17) is 9.47 Å². The number of benzene rings is 3. The van der Waals surface area contributed by atoms with Crippen LogP contribution in [0.15, 0.2) is 77.6 Å². The first-order chi connectivity index (χ1) is 16.9. The molecule has 0 unspecified atom stereocenters. The minimum atomic E-state index is -0.390. The average molecular weight is 474 g/mol. The molecule has 0 radical (unpaired) electrons. The number of ether oxygens (including phenoxy) is 2. The SMILES string of the molecule is C=c1[nH]n(-c2ccc(F)cc2)c(=O)/c1=C/c1ccc(OCC(=O)Nc2ccccc2)c(OCC)c1. The van der Waals surface area contributed by atoms with E-state index in [1.807, 2.05) is 25.1 Å². The van der Waals surface area contributed by atoms with Crippen molar-refractivity contribution in [1.29, 1.82) is 0 Å². The summed E-state index contributed by atoms with van der Waals surface area (Å²) in [6, 6.07) is 19.8. The number of para-hydroxylation sites is 1. The molecule has 4 aromatic rings. The zero-order valence-corrected chi connectivity index (χ0v) is 19.1. The molecule has 1 aromatic heterocycles. The van der Waals surface area contributed by atoms with Crippen LogP contribution in [0.1, 0.15) is 12.5 Å². The van der Waals surface area contributed by atoms with Crippen molar-refractivity contribution >= 4 is 24.2 Å². The third-order valence-corrected chi connectivity index (χ3v) is 5.09. The molecule has 8 heteroatoms. The van der Waals surface area contributed by atoms with E-state index in [-0.39, 0.29) is 18.1 Å². The Morgan fingerprint density at radius 3 is 2.51 bits per heavy atom. The van der Waals surface area contributed by atoms with Crippen molar-refractivity contribution in [2.45, 2.75) is 6.92 Å². The number of carbonyl (C=O) groups is 1. The monoisotopic (exact) mass is 473 g/mol. The van der Waals surface area contributed by atoms with E-state index in [9.17, 15) is 14.0 Å². The molecule has 0 aliphatic heterocycles. The zero-order valence-electron chi connectivity index (χ0n) is 19.1. The van der Waals surface area contributed by atoms with Gasteiger partial charge in [0, 0.05) is 5.69 Å². The number of aromatic nitrogens is 2. The molecule has 0 fully saturated rings. The Bertz CT molecular complexity index is 1490. The second-order valence-corrected chi connectivity index (χ2v) is 7.61. The van der Waals surface area contributed by atoms with Gasteiger partial charge in [-0.2, -0.15) is 0 Å². The lowest BCUT2D eigenvalue weighted by Gasteiger charge is -2.12. The quantitative estimate of drug-likeness (QED) is 0.412. The second kappa shape index (κ2) is 10.6. The number of amides is 1. The Labute approximate surface area is 200 Å². The van der Waals surface area contributed by atoms with Gasteiger partial charge in [0.2, 0.25) is 0 Å². The first-order valence-corrected chi connectivity index (χ1v) is 11.0. The minimum Gasteiger partial charge on any atom is -0.490 e. The van der Waals surface area contributed by atoms with Crippen LogP contribution in [0.2, 0.25) is 0 Å². The molecule has 35 heavy (non-hydrogen) atoms. The van der Waals surface area contributed by atoms with E-state index >= 15 is 0 Å². The highest BCUT2D eigenvalue weighted by Crippen LogP contribution is 2.28. The largest absolute Gasteiger partial charge is 0.490 e. The molecule has 0 atom stereocenters. The van der Waals surface area contributed by atoms with E-state index in [2.05, 4.69) is 17.0 Å². The third kappa shape index (κ3) is 5.67. The first-order valence-electron chi connectivity index (χ1n) is 11.0. The first kappa shape index (κ1) is 23.6. The predicted octanol–water partition coefficient (Wildman–Crippen LogP) is 2.96. The van der Waals surface area contributed by atoms with Gasteiger partial charge in [0.1, 0.15) is 5.82 Å². The van der Waals surface area contributed by atoms with Crippen LogP contribution < -0.4 is 30.9 Å². The Balaban J connectivity index is 1.57. The lowest BCUT2D eigenvalue weighted by Crippen LogP contribution is -2.33. The van der Waals surface area contributed by atoms with Crippen LogP contribution in [0.25, 0.3) is 18.3 Å². The maximum Gasteiger partial charge on any atom is 0.279 e. The molecule has 0 aliphatic rings. The van der Waals surface area contributed by atoms with Crippen molar-refractivity contribution in [1.82, 2.24) is 9.78 Å². The maximum absolute atomic E-state index is 13.2. The fourth-order valence-corrected chi connectivity index (χ4v) is 3.45. The number of rotatable bonds is 8. The van der Waals surface area contributed by atoms with Crippen molar-refractivity contribution in [2.24, 2.45) is 0 Å². The van der Waals surface area contributed by atoms with Gasteiger partial charge in [0.15, 0.2) is 18.1 Å². The topological polar surface area (TPSA) is 85.4 Å². The molecule has 0 spiro atoms. The molecule has 0 saturated heterocycles. The highest BCUT2D eigenvalue weighted by atomic mass is 19.1. The fourth-order valence-electron chi connectivity index (χ4n) is 3.45. The fraction of sp³-hybridized carbons (Fsp3) is 0.111. The Morgan fingerprint density at radius 1 is 1.06 bits per heavy atom. The number of hydrogen-bond acceptors (Lipinski definition) is 4. The molecular formula is C27H24FN3O4. The molecule has 4 rings (SSSR count). The number of carbonyl (C=O) groups excluding carboxylic acids is 1. The van der Waals surface area contributed by atoms with E-state index in [1.165, 1.54) is 28.9 Å². The second-order valence-electron chi connectivity index (χ2n) is 7.61. The van der Waals surface area contributed by atoms with Gasteiger partial charge in [0.05, 0.1) is 22.9 Å². The normalized spacial score (nSPS) is 11.3. The van der Waals surface area contributed by atoms with Gasteiger partial charge in [-0.25, -0.2) is 9.07 Å². The van der Waals surface area contributed by atoms with Crippen molar-refractivity contribution < 1.29 is 18.7 Å². The summed E-state index contributed by atoms with van der Waals surface area (Å²) in [4.78, 5) is 25.2. The van der Waals surface area contributed by atoms with Crippen LogP contribution >= 0.6 is 0 Å². The summed E-state index contributed by atoms with van der Waals surface area (Å²) < 4.78 is 25.9. The van der Waals surface area contributed by atoms with Crippen molar-refractivity contribution in [3.8, 4) is 17.2 Å². The summed E-state index contributed by atoms with van der Waals surface area (Å²) in [6.45, 7) is 5.95. The van der Waals surface area contributed by atoms with E-state index in [0.717, 1.165) is 0 Å². The van der Waals surface area contributed by atoms with Crippen LogP contribution in [0.5, 0.6) is 11.5 Å². The molecular weight excluding hydrogens is 449 g/mol. The third-order valence-electron chi connectivity index (χ3n) is 5.09. The highest BCUT2D eigenvalue weighted by molar-refractivity contribution is 5.91. The molecule has 2 N–H and O–H groups in total. The standard InChI is InChI=1S/C27H24FN3O4/c1-3-34-25-16-19(9-14-24(25)35-17-26(32)29-21-7-5-4-6-8-21)15-23-18(2)30-31(27(23)33)22-12-10-20(28)11-13-22/h4-16,30H,2-3,17H2,1H3,(H,29,32)/b23-15+. The molecule has 0 bridgehead atoms. The Hall–Kier alpha value is -4.59. The van der Waals surface area contributed by atoms with Crippen LogP contribution in [0.3, 0.4) is 0 Å². The molecule has 0 saturated carbocycles. The summed E-state index contributed by atoms with van der Waals surface area (Å²) in [5.41, 5.74) is 1.53. The number of hydrogen-bond donors (Lipinski definition) is 2. The van der Waals surface area contributed by atoms with Gasteiger partial charge in [-0.1, -0.05) is 30.8 Å². The van der Waals surface area contributed by atoms with Crippen LogP contribution in [0, 0.1) is 5.82 Å². The van der Waals surface area contributed by atoms with Gasteiger partial charge >= 0.3 is 0 Å². The smallest absolute Gasteiger partial charge is 0.279 e. The van der Waals surface area contributed by atoms with Crippen molar-refractivity contribution in [2.75, 3.05) is 18.5 Å². The Morgan fingerprint density at radius 2 is 1.80 bits per heavy atom. The van der Waals surface area contributed by atoms with Crippen molar-refractivity contribution in [3.63, 3.8) is 0 Å². The summed E-state index contributed by atoms with van der Waals surface area (Å²) in [7, 11) is 0. The van der Waals surface area contributed by atoms with Crippen LogP contribution in [-0.2, 0) is 4.79 Å². The van der Waals surface area contributed by atoms with Gasteiger partial charge < -0.3 is 14.8 Å². The molecule has 178 valence electrons. The lowest BCUT2D eigenvalue weighted by molar-refractivity contribution is -0.118. The van der Waals surface area contributed by atoms with Gasteiger partial charge in [-0.05, 0) is 67.1 Å². The molecule has 0 aliphatic carbocycles. The molecule has 3 aromatic carbocycles. The predicted molar refractivity (Wildman–Crippen MR) is 133 cm³/mol. The van der Waals surface area contributed by atoms with Gasteiger partial charge in [0.25, 0.3) is 11.5 Å². The molecule has 7 nitrogen and oxygen atoms in total. The Kier molecular flexibility index (Phi) is 7.11. The number of nitrogens with one attached hydrogen (secondary N) is 2. The summed E-state index contributed by atoms with van der Waals surface area (Å²) >= 11 is 0. The number of H-pyrrole nitrogens is 1. The lowest BCUT2D eigenvalue weighted by atomic mass is 10.1. The number of anilines is 1. The van der Waals surface area contributed by atoms with Crippen LogP contribution in [0.4, 0.5) is 10.1 Å². The van der Waals surface area contributed by atoms with Gasteiger partial charge in [-0.15, -0.1) is 0 Å². The minimum absolute atomic E-state index is 0.193. The number of nitrogens with zero attached hydrogens (tertiary/aromatic N) is 1. The van der Waals surface area contributed by atoms with E-state index in [0.29, 0.717) is 45.6 Å². The highest BCUT2D eigenvalue weighted by Gasteiger charge is 2.10. The molecule has 1 heterocycles. The van der Waals surface area contributed by atoms with Crippen LogP contribution in [-0.4, -0.2) is 28.9 Å². The number of aromatic amines is 1. The summed E-state index contributed by atoms with van der Waals surface area (Å²) in [6.07, 6.45) is 1.68. The zero-order chi connectivity index (χ0) is 24.8.